The molecule has 1 aromatic heterocycles. The maximum absolute atomic E-state index is 10.9. The van der Waals surface area contributed by atoms with Gasteiger partial charge in [0.25, 0.3) is 6.01 Å². The number of rotatable bonds is 2. The predicted molar refractivity (Wildman–Crippen MR) is 61.0 cm³/mol. The van der Waals surface area contributed by atoms with Crippen LogP contribution in [-0.4, -0.2) is 16.1 Å². The molecule has 0 aliphatic heterocycles. The second-order valence-corrected chi connectivity index (χ2v) is 3.87. The normalized spacial score (nSPS) is 10.3. The molecule has 0 bridgehead atoms. The molecule has 3 N–H and O–H groups in total. The molecule has 0 amide bonds. The number of halogens is 1. The van der Waals surface area contributed by atoms with E-state index in [1.807, 2.05) is 6.07 Å². The fraction of sp³-hybridized carbons (Fsp3) is 0. The standard InChI is InChI=1S/C10H7BrN2O3/c11-6-4-2-1-3-5(6)7-8(9(14)15)16-10(12)13-7/h1-4H,(H2,12,13)(H,14,15). The first-order valence-electron chi connectivity index (χ1n) is 4.34. The van der Waals surface area contributed by atoms with Gasteiger partial charge in [-0.25, -0.2) is 4.79 Å². The molecule has 2 aromatic rings. The van der Waals surface area contributed by atoms with Crippen molar-refractivity contribution in [3.05, 3.63) is 34.5 Å². The Morgan fingerprint density at radius 1 is 1.44 bits per heavy atom. The number of benzene rings is 1. The molecule has 5 nitrogen and oxygen atoms in total. The molecule has 0 unspecified atom stereocenters. The third kappa shape index (κ3) is 1.79. The maximum atomic E-state index is 10.9. The van der Waals surface area contributed by atoms with E-state index in [0.717, 1.165) is 4.47 Å². The van der Waals surface area contributed by atoms with E-state index in [1.165, 1.54) is 0 Å². The Bertz CT molecular complexity index is 551. The van der Waals surface area contributed by atoms with Gasteiger partial charge in [-0.05, 0) is 6.07 Å². The number of hydrogen-bond donors (Lipinski definition) is 2. The molecule has 0 saturated heterocycles. The summed E-state index contributed by atoms with van der Waals surface area (Å²) in [6, 6.07) is 6.94. The number of oxazole rings is 1. The summed E-state index contributed by atoms with van der Waals surface area (Å²) in [5.41, 5.74) is 6.19. The van der Waals surface area contributed by atoms with Gasteiger partial charge in [-0.2, -0.15) is 4.98 Å². The molecule has 0 atom stereocenters. The summed E-state index contributed by atoms with van der Waals surface area (Å²) in [7, 11) is 0. The Balaban J connectivity index is 2.64. The van der Waals surface area contributed by atoms with Crippen molar-refractivity contribution in [1.82, 2.24) is 4.98 Å². The van der Waals surface area contributed by atoms with Crippen molar-refractivity contribution >= 4 is 27.9 Å². The van der Waals surface area contributed by atoms with Crippen LogP contribution in [0.4, 0.5) is 6.01 Å². The highest BCUT2D eigenvalue weighted by Gasteiger charge is 2.21. The molecule has 2 rings (SSSR count). The molecular formula is C10H7BrN2O3. The van der Waals surface area contributed by atoms with Gasteiger partial charge in [0.05, 0.1) is 0 Å². The van der Waals surface area contributed by atoms with Crippen molar-refractivity contribution in [1.29, 1.82) is 0 Å². The van der Waals surface area contributed by atoms with Crippen LogP contribution in [0.15, 0.2) is 33.2 Å². The number of nitrogens with two attached hydrogens (primary N) is 1. The lowest BCUT2D eigenvalue weighted by Gasteiger charge is -2.00. The zero-order chi connectivity index (χ0) is 11.7. The largest absolute Gasteiger partial charge is 0.475 e. The van der Waals surface area contributed by atoms with Crippen LogP contribution in [-0.2, 0) is 0 Å². The Hall–Kier alpha value is -1.82. The molecule has 0 aliphatic carbocycles. The lowest BCUT2D eigenvalue weighted by atomic mass is 10.1. The summed E-state index contributed by atoms with van der Waals surface area (Å²) >= 11 is 3.31. The monoisotopic (exact) mass is 282 g/mol. The molecule has 0 spiro atoms. The number of aromatic carboxylic acids is 1. The average Bonchev–Trinajstić information content (AvgIpc) is 2.61. The van der Waals surface area contributed by atoms with Gasteiger partial charge in [-0.3, -0.25) is 0 Å². The van der Waals surface area contributed by atoms with Crippen LogP contribution in [0.1, 0.15) is 10.6 Å². The third-order valence-corrected chi connectivity index (χ3v) is 2.66. The first kappa shape index (κ1) is 10.7. The van der Waals surface area contributed by atoms with Gasteiger partial charge >= 0.3 is 5.97 Å². The van der Waals surface area contributed by atoms with Gasteiger partial charge in [0.2, 0.25) is 5.76 Å². The second kappa shape index (κ2) is 3.97. The molecule has 1 aromatic carbocycles. The van der Waals surface area contributed by atoms with Gasteiger partial charge < -0.3 is 15.3 Å². The first-order valence-corrected chi connectivity index (χ1v) is 5.13. The number of nitrogen functional groups attached to an aromatic ring is 1. The van der Waals surface area contributed by atoms with Crippen LogP contribution in [0.2, 0.25) is 0 Å². The number of carboxylic acid groups (broad SMARTS) is 1. The average molecular weight is 283 g/mol. The zero-order valence-corrected chi connectivity index (χ0v) is 9.56. The minimum atomic E-state index is -1.20. The topological polar surface area (TPSA) is 89.3 Å². The molecule has 16 heavy (non-hydrogen) atoms. The van der Waals surface area contributed by atoms with Gasteiger partial charge in [-0.15, -0.1) is 0 Å². The zero-order valence-electron chi connectivity index (χ0n) is 7.98. The van der Waals surface area contributed by atoms with Gasteiger partial charge in [0, 0.05) is 10.0 Å². The summed E-state index contributed by atoms with van der Waals surface area (Å²) in [5, 5.41) is 8.93. The Morgan fingerprint density at radius 2 is 2.12 bits per heavy atom. The van der Waals surface area contributed by atoms with Crippen LogP contribution in [0.25, 0.3) is 11.3 Å². The number of carboxylic acids is 1. The van der Waals surface area contributed by atoms with E-state index in [4.69, 9.17) is 15.3 Å². The van der Waals surface area contributed by atoms with Crippen LogP contribution >= 0.6 is 15.9 Å². The summed E-state index contributed by atoms with van der Waals surface area (Å²) in [6.45, 7) is 0. The van der Waals surface area contributed by atoms with Crippen LogP contribution < -0.4 is 5.73 Å². The second-order valence-electron chi connectivity index (χ2n) is 3.01. The molecule has 82 valence electrons. The van der Waals surface area contributed by atoms with E-state index in [0.29, 0.717) is 5.56 Å². The third-order valence-electron chi connectivity index (χ3n) is 1.97. The lowest BCUT2D eigenvalue weighted by Crippen LogP contribution is -1.96. The summed E-state index contributed by atoms with van der Waals surface area (Å²) < 4.78 is 5.56. The van der Waals surface area contributed by atoms with Crippen LogP contribution in [0.5, 0.6) is 0 Å². The van der Waals surface area contributed by atoms with Crippen molar-refractivity contribution in [2.24, 2.45) is 0 Å². The van der Waals surface area contributed by atoms with Gasteiger partial charge in [-0.1, -0.05) is 34.1 Å². The molecule has 0 fully saturated rings. The quantitative estimate of drug-likeness (QED) is 0.883. The highest BCUT2D eigenvalue weighted by atomic mass is 79.9. The van der Waals surface area contributed by atoms with E-state index < -0.39 is 5.97 Å². The van der Waals surface area contributed by atoms with E-state index in [1.54, 1.807) is 18.2 Å². The smallest absolute Gasteiger partial charge is 0.374 e. The van der Waals surface area contributed by atoms with Crippen molar-refractivity contribution < 1.29 is 14.3 Å². The number of carbonyl (C=O) groups is 1. The fourth-order valence-corrected chi connectivity index (χ4v) is 1.79. The highest BCUT2D eigenvalue weighted by molar-refractivity contribution is 9.10. The fourth-order valence-electron chi connectivity index (χ4n) is 1.32. The van der Waals surface area contributed by atoms with Crippen molar-refractivity contribution in [2.75, 3.05) is 5.73 Å². The summed E-state index contributed by atoms with van der Waals surface area (Å²) in [5.74, 6) is -1.46. The van der Waals surface area contributed by atoms with Crippen LogP contribution in [0, 0.1) is 0 Å². The SMILES string of the molecule is Nc1nc(-c2ccccc2Br)c(C(=O)O)o1. The molecular weight excluding hydrogens is 276 g/mol. The molecule has 1 heterocycles. The minimum absolute atomic E-state index is 0.164. The Labute approximate surface area is 99.0 Å². The van der Waals surface area contributed by atoms with E-state index in [2.05, 4.69) is 20.9 Å². The van der Waals surface area contributed by atoms with E-state index in [9.17, 15) is 4.79 Å². The lowest BCUT2D eigenvalue weighted by molar-refractivity contribution is 0.0665. The number of hydrogen-bond acceptors (Lipinski definition) is 4. The molecule has 6 heteroatoms. The Kier molecular flexibility index (Phi) is 2.66. The van der Waals surface area contributed by atoms with Gasteiger partial charge in [0.15, 0.2) is 0 Å². The summed E-state index contributed by atoms with van der Waals surface area (Å²) in [6.07, 6.45) is 0. The van der Waals surface area contributed by atoms with Gasteiger partial charge in [0.1, 0.15) is 5.69 Å². The predicted octanol–water partition coefficient (Wildman–Crippen LogP) is 2.38. The van der Waals surface area contributed by atoms with E-state index >= 15 is 0 Å². The molecule has 0 aliphatic rings. The highest BCUT2D eigenvalue weighted by Crippen LogP contribution is 2.30. The molecule has 0 radical (unpaired) electrons. The first-order chi connectivity index (χ1) is 7.59. The van der Waals surface area contributed by atoms with E-state index in [-0.39, 0.29) is 17.5 Å². The van der Waals surface area contributed by atoms with Crippen LogP contribution in [0.3, 0.4) is 0 Å². The summed E-state index contributed by atoms with van der Waals surface area (Å²) in [4.78, 5) is 14.8. The number of nitrogens with zero attached hydrogens (tertiary/aromatic N) is 1. The number of anilines is 1. The van der Waals surface area contributed by atoms with Crippen molar-refractivity contribution in [3.8, 4) is 11.3 Å². The Morgan fingerprint density at radius 3 is 2.75 bits per heavy atom. The van der Waals surface area contributed by atoms with Crippen molar-refractivity contribution in [3.63, 3.8) is 0 Å². The van der Waals surface area contributed by atoms with Crippen molar-refractivity contribution in [2.45, 2.75) is 0 Å². The molecule has 0 saturated carbocycles. The number of aromatic nitrogens is 1. The maximum Gasteiger partial charge on any atom is 0.374 e. The minimum Gasteiger partial charge on any atom is -0.475 e.